The van der Waals surface area contributed by atoms with Crippen molar-refractivity contribution in [1.82, 2.24) is 9.88 Å². The van der Waals surface area contributed by atoms with Gasteiger partial charge in [-0.3, -0.25) is 4.98 Å². The van der Waals surface area contributed by atoms with Crippen molar-refractivity contribution in [2.24, 2.45) is 5.41 Å². The Labute approximate surface area is 173 Å². The minimum atomic E-state index is -0.499. The number of nitrogens with zero attached hydrogens (tertiary/aromatic N) is 3. The van der Waals surface area contributed by atoms with Gasteiger partial charge in [0.2, 0.25) is 0 Å². The first-order chi connectivity index (χ1) is 12.9. The molecule has 5 nitrogen and oxygen atoms in total. The van der Waals surface area contributed by atoms with E-state index in [4.69, 9.17) is 21.3 Å². The van der Waals surface area contributed by atoms with Crippen molar-refractivity contribution in [3.8, 4) is 6.07 Å². The van der Waals surface area contributed by atoms with Crippen molar-refractivity contribution in [3.05, 3.63) is 28.0 Å². The van der Waals surface area contributed by atoms with Gasteiger partial charge in [0.05, 0.1) is 27.9 Å². The summed E-state index contributed by atoms with van der Waals surface area (Å²) in [5.41, 5.74) is 1.90. The molecule has 1 atom stereocenters. The number of piperidine rings is 1. The number of hydrogen-bond acceptors (Lipinski definition) is 4. The van der Waals surface area contributed by atoms with Crippen LogP contribution in [-0.2, 0) is 10.2 Å². The van der Waals surface area contributed by atoms with Crippen LogP contribution in [0, 0.1) is 23.7 Å². The first-order valence-corrected chi connectivity index (χ1v) is 10.3. The molecule has 0 aromatic carbocycles. The van der Waals surface area contributed by atoms with E-state index in [1.54, 1.807) is 4.90 Å². The molecule has 3 rings (SSSR count). The lowest BCUT2D eigenvalue weighted by Crippen LogP contribution is -2.46. The first kappa shape index (κ1) is 20.9. The maximum Gasteiger partial charge on any atom is 0.410 e. The van der Waals surface area contributed by atoms with E-state index < -0.39 is 11.0 Å². The normalized spacial score (nSPS) is 21.4. The molecule has 0 saturated carbocycles. The number of nitriles is 1. The van der Waals surface area contributed by atoms with Gasteiger partial charge in [0.25, 0.3) is 0 Å². The highest BCUT2D eigenvalue weighted by Gasteiger charge is 2.51. The van der Waals surface area contributed by atoms with Gasteiger partial charge < -0.3 is 9.64 Å². The van der Waals surface area contributed by atoms with Gasteiger partial charge in [-0.25, -0.2) is 4.79 Å². The topological polar surface area (TPSA) is 66.2 Å². The van der Waals surface area contributed by atoms with Gasteiger partial charge in [-0.15, -0.1) is 0 Å². The van der Waals surface area contributed by atoms with Gasteiger partial charge in [-0.2, -0.15) is 5.26 Å². The lowest BCUT2D eigenvalue weighted by Gasteiger charge is -2.40. The molecule has 0 N–H and O–H groups in total. The maximum atomic E-state index is 12.5. The highest BCUT2D eigenvalue weighted by Crippen LogP contribution is 2.56. The van der Waals surface area contributed by atoms with Crippen molar-refractivity contribution in [2.75, 3.05) is 13.1 Å². The molecule has 0 radical (unpaired) electrons. The summed E-state index contributed by atoms with van der Waals surface area (Å²) in [6, 6.07) is 4.49. The van der Waals surface area contributed by atoms with E-state index in [0.29, 0.717) is 18.1 Å². The first-order valence-electron chi connectivity index (χ1n) is 9.95. The molecule has 6 heteroatoms. The monoisotopic (exact) mass is 403 g/mol. The summed E-state index contributed by atoms with van der Waals surface area (Å²) in [6.07, 6.45) is 2.27. The number of halogens is 1. The number of hydrogen-bond donors (Lipinski definition) is 0. The Hall–Kier alpha value is -1.80. The van der Waals surface area contributed by atoms with Crippen molar-refractivity contribution >= 4 is 17.7 Å². The van der Waals surface area contributed by atoms with E-state index in [0.717, 1.165) is 36.2 Å². The zero-order valence-electron chi connectivity index (χ0n) is 17.7. The summed E-state index contributed by atoms with van der Waals surface area (Å²) < 4.78 is 5.54. The lowest BCUT2D eigenvalue weighted by atomic mass is 9.71. The molecule has 1 aliphatic carbocycles. The quantitative estimate of drug-likeness (QED) is 0.633. The second kappa shape index (κ2) is 6.91. The molecular formula is C22H30ClN3O2. The van der Waals surface area contributed by atoms with Crippen LogP contribution in [0.25, 0.3) is 0 Å². The van der Waals surface area contributed by atoms with Gasteiger partial charge in [0.1, 0.15) is 5.60 Å². The van der Waals surface area contributed by atoms with E-state index in [1.807, 2.05) is 47.6 Å². The number of amides is 1. The molecule has 0 unspecified atom stereocenters. The minimum Gasteiger partial charge on any atom is -0.444 e. The average Bonchev–Trinajstić information content (AvgIpc) is 2.89. The molecule has 0 bridgehead atoms. The Morgan fingerprint density at radius 3 is 2.46 bits per heavy atom. The molecule has 1 spiro atoms. The summed E-state index contributed by atoms with van der Waals surface area (Å²) in [5.74, 6) is 0.0891. The smallest absolute Gasteiger partial charge is 0.410 e. The Morgan fingerprint density at radius 1 is 1.32 bits per heavy atom. The molecule has 1 aromatic heterocycles. The number of fused-ring (bicyclic) bond motifs is 2. The lowest BCUT2D eigenvalue weighted by molar-refractivity contribution is 0.0156. The van der Waals surface area contributed by atoms with Crippen molar-refractivity contribution in [2.45, 2.75) is 77.7 Å². The molecular weight excluding hydrogens is 374 g/mol. The molecule has 2 aliphatic rings. The van der Waals surface area contributed by atoms with Crippen LogP contribution >= 0.6 is 11.6 Å². The van der Waals surface area contributed by atoms with Gasteiger partial charge in [-0.05, 0) is 72.4 Å². The minimum absolute atomic E-state index is 0.0891. The molecule has 1 amide bonds. The average molecular weight is 404 g/mol. The van der Waals surface area contributed by atoms with Gasteiger partial charge >= 0.3 is 6.09 Å². The van der Waals surface area contributed by atoms with Crippen LogP contribution in [0.5, 0.6) is 0 Å². The van der Waals surface area contributed by atoms with Crippen LogP contribution in [0.15, 0.2) is 6.07 Å². The highest BCUT2D eigenvalue weighted by atomic mass is 35.5. The number of rotatable bonds is 1. The summed E-state index contributed by atoms with van der Waals surface area (Å²) in [6.45, 7) is 12.8. The van der Waals surface area contributed by atoms with Crippen LogP contribution < -0.4 is 0 Å². The van der Waals surface area contributed by atoms with Crippen molar-refractivity contribution in [1.29, 1.82) is 5.26 Å². The number of carbonyl (C=O) groups is 1. The fourth-order valence-electron chi connectivity index (χ4n) is 4.49. The van der Waals surface area contributed by atoms with Crippen LogP contribution in [0.3, 0.4) is 0 Å². The molecule has 1 aromatic rings. The molecule has 2 heterocycles. The third-order valence-electron chi connectivity index (χ3n) is 6.18. The zero-order chi connectivity index (χ0) is 20.9. The largest absolute Gasteiger partial charge is 0.444 e. The molecule has 28 heavy (non-hydrogen) atoms. The predicted molar refractivity (Wildman–Crippen MR) is 109 cm³/mol. The summed E-state index contributed by atoms with van der Waals surface area (Å²) in [4.78, 5) is 19.1. The number of pyridine rings is 1. The van der Waals surface area contributed by atoms with E-state index >= 15 is 0 Å². The Bertz CT molecular complexity index is 827. The second-order valence-electron chi connectivity index (χ2n) is 9.83. The Balaban J connectivity index is 1.89. The SMILES string of the molecule is Cc1nc2c(cc1Cl)[C@H](C(C)(C)C#N)CC21CCN(C(=O)OC(C)(C)C)CC1. The van der Waals surface area contributed by atoms with E-state index in [9.17, 15) is 10.1 Å². The Morgan fingerprint density at radius 2 is 1.93 bits per heavy atom. The molecule has 152 valence electrons. The van der Waals surface area contributed by atoms with E-state index in [-0.39, 0.29) is 17.4 Å². The standard InChI is InChI=1S/C22H30ClN3O2/c1-14-17(23)11-15-16(21(5,6)13-24)12-22(18(15)25-14)7-9-26(10-8-22)19(27)28-20(2,3)4/h11,16H,7-10,12H2,1-6H3/t16-/m1/s1. The number of aryl methyl sites for hydroxylation is 1. The molecule has 1 saturated heterocycles. The third kappa shape index (κ3) is 3.72. The van der Waals surface area contributed by atoms with E-state index in [2.05, 4.69) is 6.07 Å². The zero-order valence-corrected chi connectivity index (χ0v) is 18.5. The third-order valence-corrected chi connectivity index (χ3v) is 6.57. The maximum absolute atomic E-state index is 12.5. The number of ether oxygens (including phenoxy) is 1. The van der Waals surface area contributed by atoms with Gasteiger partial charge in [0.15, 0.2) is 0 Å². The fraction of sp³-hybridized carbons (Fsp3) is 0.682. The van der Waals surface area contributed by atoms with Gasteiger partial charge in [-0.1, -0.05) is 11.6 Å². The Kier molecular flexibility index (Phi) is 5.17. The number of carbonyl (C=O) groups excluding carboxylic acids is 1. The van der Waals surface area contributed by atoms with Crippen LogP contribution in [0.4, 0.5) is 4.79 Å². The summed E-state index contributed by atoms with van der Waals surface area (Å²) >= 11 is 6.39. The number of aromatic nitrogens is 1. The van der Waals surface area contributed by atoms with Crippen molar-refractivity contribution < 1.29 is 9.53 Å². The van der Waals surface area contributed by atoms with E-state index in [1.165, 1.54) is 0 Å². The molecule has 1 fully saturated rings. The summed E-state index contributed by atoms with van der Waals surface area (Å²) in [7, 11) is 0. The van der Waals surface area contributed by atoms with Crippen molar-refractivity contribution in [3.63, 3.8) is 0 Å². The van der Waals surface area contributed by atoms with Crippen LogP contribution in [0.1, 0.15) is 76.8 Å². The fourth-order valence-corrected chi connectivity index (χ4v) is 4.65. The predicted octanol–water partition coefficient (Wildman–Crippen LogP) is 5.35. The van der Waals surface area contributed by atoms with Gasteiger partial charge in [0, 0.05) is 24.4 Å². The second-order valence-corrected chi connectivity index (χ2v) is 10.2. The van der Waals surface area contributed by atoms with Crippen LogP contribution in [-0.4, -0.2) is 34.7 Å². The summed E-state index contributed by atoms with van der Waals surface area (Å²) in [5, 5.41) is 10.4. The van der Waals surface area contributed by atoms with Crippen LogP contribution in [0.2, 0.25) is 5.02 Å². The molecule has 1 aliphatic heterocycles. The highest BCUT2D eigenvalue weighted by molar-refractivity contribution is 6.31. The number of likely N-dealkylation sites (tertiary alicyclic amines) is 1.